The van der Waals surface area contributed by atoms with Crippen LogP contribution in [0.2, 0.25) is 0 Å². The molecule has 1 fully saturated rings. The van der Waals surface area contributed by atoms with Crippen LogP contribution in [0.3, 0.4) is 0 Å². The Hall–Kier alpha value is -1.17. The zero-order chi connectivity index (χ0) is 15.2. The number of nitrogens with one attached hydrogen (secondary N) is 1. The van der Waals surface area contributed by atoms with Crippen molar-refractivity contribution in [3.63, 3.8) is 0 Å². The van der Waals surface area contributed by atoms with Gasteiger partial charge in [-0.2, -0.15) is 8.78 Å². The zero-order valence-corrected chi connectivity index (χ0v) is 13.1. The molecule has 1 amide bonds. The van der Waals surface area contributed by atoms with E-state index in [0.29, 0.717) is 0 Å². The van der Waals surface area contributed by atoms with Crippen LogP contribution in [-0.4, -0.2) is 23.4 Å². The fraction of sp³-hybridized carbons (Fsp3) is 0.533. The second kappa shape index (κ2) is 7.73. The first-order chi connectivity index (χ1) is 10.1. The molecule has 1 N–H and O–H groups in total. The van der Waals surface area contributed by atoms with Gasteiger partial charge in [0, 0.05) is 10.9 Å². The molecule has 2 unspecified atom stereocenters. The van der Waals surface area contributed by atoms with Gasteiger partial charge in [-0.1, -0.05) is 47.3 Å². The maximum atomic E-state index is 12.4. The summed E-state index contributed by atoms with van der Waals surface area (Å²) in [7, 11) is 0. The van der Waals surface area contributed by atoms with Gasteiger partial charge in [-0.3, -0.25) is 4.79 Å². The molecule has 0 aromatic heterocycles. The predicted molar refractivity (Wildman–Crippen MR) is 80.1 cm³/mol. The third-order valence-electron chi connectivity index (χ3n) is 3.60. The highest BCUT2D eigenvalue weighted by Crippen LogP contribution is 2.25. The number of para-hydroxylation sites is 1. The quantitative estimate of drug-likeness (QED) is 0.647. The van der Waals surface area contributed by atoms with E-state index in [9.17, 15) is 13.6 Å². The van der Waals surface area contributed by atoms with Gasteiger partial charge < -0.3 is 10.1 Å². The lowest BCUT2D eigenvalue weighted by Gasteiger charge is -2.22. The number of ether oxygens (including phenoxy) is 1. The summed E-state index contributed by atoms with van der Waals surface area (Å²) in [6.07, 6.45) is 5.23. The van der Waals surface area contributed by atoms with Crippen molar-refractivity contribution in [1.29, 1.82) is 0 Å². The molecule has 0 aliphatic heterocycles. The fourth-order valence-electron chi connectivity index (χ4n) is 2.52. The van der Waals surface area contributed by atoms with Crippen LogP contribution in [0.5, 0.6) is 5.75 Å². The van der Waals surface area contributed by atoms with Crippen molar-refractivity contribution in [1.82, 2.24) is 5.32 Å². The third kappa shape index (κ3) is 4.66. The maximum absolute atomic E-state index is 12.4. The first-order valence-electron chi connectivity index (χ1n) is 7.06. The molecule has 0 radical (unpaired) electrons. The summed E-state index contributed by atoms with van der Waals surface area (Å²) < 4.78 is 29.2. The monoisotopic (exact) mass is 361 g/mol. The van der Waals surface area contributed by atoms with E-state index in [0.717, 1.165) is 32.1 Å². The van der Waals surface area contributed by atoms with E-state index in [2.05, 4.69) is 26.0 Å². The number of benzene rings is 1. The van der Waals surface area contributed by atoms with Crippen molar-refractivity contribution in [2.24, 2.45) is 0 Å². The lowest BCUT2D eigenvalue weighted by Crippen LogP contribution is -2.40. The van der Waals surface area contributed by atoms with Crippen LogP contribution >= 0.6 is 15.9 Å². The standard InChI is InChI=1S/C15H18BrF2NO2/c16-11-7-2-1-3-8-12(11)19-14(20)10-6-4-5-9-13(10)21-15(17)18/h4-6,9,11-12,15H,1-3,7-8H2,(H,19,20). The van der Waals surface area contributed by atoms with E-state index in [1.54, 1.807) is 12.1 Å². The molecular weight excluding hydrogens is 344 g/mol. The van der Waals surface area contributed by atoms with E-state index in [1.807, 2.05) is 0 Å². The third-order valence-corrected chi connectivity index (χ3v) is 4.69. The van der Waals surface area contributed by atoms with Gasteiger partial charge in [-0.05, 0) is 25.0 Å². The largest absolute Gasteiger partial charge is 0.434 e. The van der Waals surface area contributed by atoms with Gasteiger partial charge in [-0.15, -0.1) is 0 Å². The number of rotatable bonds is 4. The van der Waals surface area contributed by atoms with Crippen LogP contribution in [0.15, 0.2) is 24.3 Å². The molecule has 1 aromatic rings. The Morgan fingerprint density at radius 3 is 2.71 bits per heavy atom. The summed E-state index contributed by atoms with van der Waals surface area (Å²) in [5.41, 5.74) is 0.141. The Labute approximate surface area is 131 Å². The minimum absolute atomic E-state index is 0.0135. The molecule has 0 spiro atoms. The van der Waals surface area contributed by atoms with Crippen molar-refractivity contribution in [3.05, 3.63) is 29.8 Å². The molecule has 1 aromatic carbocycles. The minimum Gasteiger partial charge on any atom is -0.434 e. The van der Waals surface area contributed by atoms with Crippen LogP contribution < -0.4 is 10.1 Å². The Balaban J connectivity index is 2.09. The molecule has 1 aliphatic rings. The Morgan fingerprint density at radius 2 is 1.95 bits per heavy atom. The van der Waals surface area contributed by atoms with Gasteiger partial charge in [-0.25, -0.2) is 0 Å². The summed E-state index contributed by atoms with van der Waals surface area (Å²) in [6.45, 7) is -2.94. The number of halogens is 3. The molecule has 6 heteroatoms. The lowest BCUT2D eigenvalue weighted by atomic mass is 10.1. The molecular formula is C15H18BrF2NO2. The summed E-state index contributed by atoms with van der Waals surface area (Å²) in [6, 6.07) is 6.08. The van der Waals surface area contributed by atoms with Crippen LogP contribution in [0.25, 0.3) is 0 Å². The SMILES string of the molecule is O=C(NC1CCCCCC1Br)c1ccccc1OC(F)F. The van der Waals surface area contributed by atoms with Gasteiger partial charge in [0.1, 0.15) is 5.75 Å². The van der Waals surface area contributed by atoms with Gasteiger partial charge in [0.25, 0.3) is 5.91 Å². The van der Waals surface area contributed by atoms with E-state index in [4.69, 9.17) is 0 Å². The molecule has 116 valence electrons. The van der Waals surface area contributed by atoms with Crippen molar-refractivity contribution in [2.45, 2.75) is 49.6 Å². The summed E-state index contributed by atoms with van der Waals surface area (Å²) in [5.74, 6) is -0.465. The van der Waals surface area contributed by atoms with Crippen LogP contribution in [-0.2, 0) is 0 Å². The van der Waals surface area contributed by atoms with Gasteiger partial charge in [0.05, 0.1) is 5.56 Å². The molecule has 3 nitrogen and oxygen atoms in total. The van der Waals surface area contributed by atoms with Gasteiger partial charge in [0.2, 0.25) is 0 Å². The molecule has 0 heterocycles. The maximum Gasteiger partial charge on any atom is 0.387 e. The average Bonchev–Trinajstić information content (AvgIpc) is 2.64. The molecule has 0 bridgehead atoms. The van der Waals surface area contributed by atoms with Gasteiger partial charge >= 0.3 is 6.61 Å². The predicted octanol–water partition coefficient (Wildman–Crippen LogP) is 4.11. The van der Waals surface area contributed by atoms with Crippen molar-refractivity contribution >= 4 is 21.8 Å². The summed E-state index contributed by atoms with van der Waals surface area (Å²) in [5, 5.41) is 2.93. The van der Waals surface area contributed by atoms with Crippen LogP contribution in [0, 0.1) is 0 Å². The molecule has 21 heavy (non-hydrogen) atoms. The molecule has 2 rings (SSSR count). The number of hydrogen-bond acceptors (Lipinski definition) is 2. The highest BCUT2D eigenvalue weighted by molar-refractivity contribution is 9.09. The molecule has 1 saturated carbocycles. The van der Waals surface area contributed by atoms with E-state index in [-0.39, 0.29) is 28.1 Å². The second-order valence-corrected chi connectivity index (χ2v) is 6.28. The van der Waals surface area contributed by atoms with Crippen molar-refractivity contribution < 1.29 is 18.3 Å². The Kier molecular flexibility index (Phi) is 5.96. The first kappa shape index (κ1) is 16.2. The summed E-state index contributed by atoms with van der Waals surface area (Å²) >= 11 is 3.60. The second-order valence-electron chi connectivity index (χ2n) is 5.11. The topological polar surface area (TPSA) is 38.3 Å². The van der Waals surface area contributed by atoms with E-state index >= 15 is 0 Å². The normalized spacial score (nSPS) is 22.7. The van der Waals surface area contributed by atoms with E-state index in [1.165, 1.54) is 12.1 Å². The highest BCUT2D eigenvalue weighted by Gasteiger charge is 2.24. The molecule has 2 atom stereocenters. The average molecular weight is 362 g/mol. The smallest absolute Gasteiger partial charge is 0.387 e. The number of carbonyl (C=O) groups is 1. The molecule has 0 saturated heterocycles. The van der Waals surface area contributed by atoms with Crippen molar-refractivity contribution in [2.75, 3.05) is 0 Å². The highest BCUT2D eigenvalue weighted by atomic mass is 79.9. The number of alkyl halides is 3. The van der Waals surface area contributed by atoms with Crippen LogP contribution in [0.1, 0.15) is 42.5 Å². The van der Waals surface area contributed by atoms with Crippen molar-refractivity contribution in [3.8, 4) is 5.75 Å². The number of amides is 1. The van der Waals surface area contributed by atoms with Gasteiger partial charge in [0.15, 0.2) is 0 Å². The Bertz CT molecular complexity index is 484. The number of hydrogen-bond donors (Lipinski definition) is 1. The van der Waals surface area contributed by atoms with E-state index < -0.39 is 6.61 Å². The molecule has 1 aliphatic carbocycles. The summed E-state index contributed by atoms with van der Waals surface area (Å²) in [4.78, 5) is 12.5. The Morgan fingerprint density at radius 1 is 1.24 bits per heavy atom. The first-order valence-corrected chi connectivity index (χ1v) is 7.98. The van der Waals surface area contributed by atoms with Crippen LogP contribution in [0.4, 0.5) is 8.78 Å². The number of carbonyl (C=O) groups excluding carboxylic acids is 1. The lowest BCUT2D eigenvalue weighted by molar-refractivity contribution is -0.0501. The fourth-order valence-corrected chi connectivity index (χ4v) is 3.24. The minimum atomic E-state index is -2.94. The zero-order valence-electron chi connectivity index (χ0n) is 11.5.